The van der Waals surface area contributed by atoms with Gasteiger partial charge in [0.1, 0.15) is 6.33 Å². The SMILES string of the molecule is Cc1ccc2c(c1)c(N)cc1nncn12. The zero-order chi connectivity index (χ0) is 10.4. The Kier molecular flexibility index (Phi) is 1.48. The fourth-order valence-corrected chi connectivity index (χ4v) is 1.84. The van der Waals surface area contributed by atoms with Crippen LogP contribution in [-0.2, 0) is 0 Å². The van der Waals surface area contributed by atoms with Crippen LogP contribution in [0.15, 0.2) is 30.6 Å². The molecule has 0 fully saturated rings. The van der Waals surface area contributed by atoms with Crippen molar-refractivity contribution in [3.05, 3.63) is 36.2 Å². The molecule has 4 nitrogen and oxygen atoms in total. The maximum absolute atomic E-state index is 5.97. The van der Waals surface area contributed by atoms with Crippen molar-refractivity contribution >= 4 is 22.2 Å². The number of rotatable bonds is 0. The predicted octanol–water partition coefficient (Wildman–Crippen LogP) is 1.77. The molecule has 1 aromatic carbocycles. The van der Waals surface area contributed by atoms with E-state index < -0.39 is 0 Å². The molecule has 0 atom stereocenters. The van der Waals surface area contributed by atoms with Crippen LogP contribution in [0.4, 0.5) is 5.69 Å². The van der Waals surface area contributed by atoms with Crippen molar-refractivity contribution in [3.63, 3.8) is 0 Å². The van der Waals surface area contributed by atoms with Crippen molar-refractivity contribution in [1.29, 1.82) is 0 Å². The van der Waals surface area contributed by atoms with Gasteiger partial charge in [-0.1, -0.05) is 11.6 Å². The van der Waals surface area contributed by atoms with Crippen LogP contribution in [0.3, 0.4) is 0 Å². The van der Waals surface area contributed by atoms with Crippen molar-refractivity contribution in [2.45, 2.75) is 6.92 Å². The molecule has 0 bridgehead atoms. The van der Waals surface area contributed by atoms with Crippen LogP contribution < -0.4 is 5.73 Å². The maximum atomic E-state index is 5.97. The molecule has 4 heteroatoms. The number of anilines is 1. The first kappa shape index (κ1) is 8.23. The standard InChI is InChI=1S/C11H10N4/c1-7-2-3-10-8(4-7)9(12)5-11-14-13-6-15(10)11/h2-6H,12H2,1H3. The van der Waals surface area contributed by atoms with Gasteiger partial charge in [0.25, 0.3) is 0 Å². The van der Waals surface area contributed by atoms with Gasteiger partial charge in [0.2, 0.25) is 0 Å². The lowest BCUT2D eigenvalue weighted by Crippen LogP contribution is -1.93. The summed E-state index contributed by atoms with van der Waals surface area (Å²) >= 11 is 0. The van der Waals surface area contributed by atoms with Gasteiger partial charge >= 0.3 is 0 Å². The van der Waals surface area contributed by atoms with E-state index in [-0.39, 0.29) is 0 Å². The quantitative estimate of drug-likeness (QED) is 0.599. The summed E-state index contributed by atoms with van der Waals surface area (Å²) in [5, 5.41) is 8.90. The van der Waals surface area contributed by atoms with Gasteiger partial charge in [-0.05, 0) is 19.1 Å². The lowest BCUT2D eigenvalue weighted by Gasteiger charge is -2.05. The minimum atomic E-state index is 0.745. The average molecular weight is 198 g/mol. The highest BCUT2D eigenvalue weighted by Gasteiger charge is 2.05. The van der Waals surface area contributed by atoms with Crippen molar-refractivity contribution in [3.8, 4) is 0 Å². The number of aromatic nitrogens is 3. The molecule has 0 aliphatic rings. The Balaban J connectivity index is 2.61. The van der Waals surface area contributed by atoms with Crippen LogP contribution in [0.2, 0.25) is 0 Å². The van der Waals surface area contributed by atoms with Gasteiger partial charge in [0, 0.05) is 17.1 Å². The third-order valence-corrected chi connectivity index (χ3v) is 2.58. The predicted molar refractivity (Wildman–Crippen MR) is 59.6 cm³/mol. The molecule has 15 heavy (non-hydrogen) atoms. The highest BCUT2D eigenvalue weighted by molar-refractivity contribution is 5.93. The third kappa shape index (κ3) is 1.08. The fourth-order valence-electron chi connectivity index (χ4n) is 1.84. The van der Waals surface area contributed by atoms with Gasteiger partial charge in [0.15, 0.2) is 5.65 Å². The van der Waals surface area contributed by atoms with E-state index in [1.807, 2.05) is 16.5 Å². The molecule has 0 aliphatic carbocycles. The molecule has 74 valence electrons. The van der Waals surface area contributed by atoms with E-state index in [0.717, 1.165) is 22.2 Å². The second kappa shape index (κ2) is 2.70. The lowest BCUT2D eigenvalue weighted by atomic mass is 10.1. The molecular formula is C11H10N4. The number of pyridine rings is 1. The number of nitrogen functional groups attached to an aromatic ring is 1. The number of hydrogen-bond acceptors (Lipinski definition) is 3. The zero-order valence-corrected chi connectivity index (χ0v) is 8.31. The average Bonchev–Trinajstić information content (AvgIpc) is 2.66. The molecule has 0 radical (unpaired) electrons. The summed E-state index contributed by atoms with van der Waals surface area (Å²) in [5.74, 6) is 0. The van der Waals surface area contributed by atoms with E-state index in [0.29, 0.717) is 0 Å². The van der Waals surface area contributed by atoms with E-state index in [9.17, 15) is 0 Å². The minimum absolute atomic E-state index is 0.745. The molecule has 0 saturated carbocycles. The van der Waals surface area contributed by atoms with Gasteiger partial charge in [-0.2, -0.15) is 0 Å². The van der Waals surface area contributed by atoms with Gasteiger partial charge in [-0.15, -0.1) is 10.2 Å². The molecule has 3 aromatic rings. The van der Waals surface area contributed by atoms with Gasteiger partial charge < -0.3 is 5.73 Å². The number of nitrogens with two attached hydrogens (primary N) is 1. The molecular weight excluding hydrogens is 188 g/mol. The maximum Gasteiger partial charge on any atom is 0.163 e. The summed E-state index contributed by atoms with van der Waals surface area (Å²) in [6, 6.07) is 8.01. The van der Waals surface area contributed by atoms with Crippen molar-refractivity contribution in [1.82, 2.24) is 14.6 Å². The van der Waals surface area contributed by atoms with Crippen LogP contribution in [0.1, 0.15) is 5.56 Å². The van der Waals surface area contributed by atoms with Crippen molar-refractivity contribution in [2.24, 2.45) is 0 Å². The molecule has 0 saturated heterocycles. The topological polar surface area (TPSA) is 56.2 Å². The number of hydrogen-bond donors (Lipinski definition) is 1. The first-order chi connectivity index (χ1) is 7.25. The minimum Gasteiger partial charge on any atom is -0.398 e. The monoisotopic (exact) mass is 198 g/mol. The second-order valence-electron chi connectivity index (χ2n) is 3.68. The van der Waals surface area contributed by atoms with E-state index in [4.69, 9.17) is 5.73 Å². The van der Waals surface area contributed by atoms with Gasteiger partial charge in [-0.3, -0.25) is 4.40 Å². The van der Waals surface area contributed by atoms with Crippen LogP contribution in [-0.4, -0.2) is 14.6 Å². The zero-order valence-electron chi connectivity index (χ0n) is 8.31. The largest absolute Gasteiger partial charge is 0.398 e. The molecule has 2 heterocycles. The smallest absolute Gasteiger partial charge is 0.163 e. The Hall–Kier alpha value is -2.10. The molecule has 2 N–H and O–H groups in total. The Morgan fingerprint density at radius 1 is 1.27 bits per heavy atom. The second-order valence-corrected chi connectivity index (χ2v) is 3.68. The van der Waals surface area contributed by atoms with E-state index in [1.165, 1.54) is 5.56 Å². The van der Waals surface area contributed by atoms with E-state index in [2.05, 4.69) is 29.3 Å². The third-order valence-electron chi connectivity index (χ3n) is 2.58. The lowest BCUT2D eigenvalue weighted by molar-refractivity contribution is 1.11. The summed E-state index contributed by atoms with van der Waals surface area (Å²) in [4.78, 5) is 0. The number of benzene rings is 1. The summed E-state index contributed by atoms with van der Waals surface area (Å²) in [5.41, 5.74) is 9.73. The first-order valence-corrected chi connectivity index (χ1v) is 4.74. The number of nitrogens with zero attached hydrogens (tertiary/aromatic N) is 3. The number of aryl methyl sites for hydroxylation is 1. The van der Waals surface area contributed by atoms with Crippen molar-refractivity contribution in [2.75, 3.05) is 5.73 Å². The Labute approximate surface area is 86.3 Å². The Morgan fingerprint density at radius 3 is 3.00 bits per heavy atom. The van der Waals surface area contributed by atoms with Crippen LogP contribution in [0, 0.1) is 6.92 Å². The van der Waals surface area contributed by atoms with Crippen molar-refractivity contribution < 1.29 is 0 Å². The summed E-state index contributed by atoms with van der Waals surface area (Å²) in [6.07, 6.45) is 1.70. The van der Waals surface area contributed by atoms with E-state index >= 15 is 0 Å². The summed E-state index contributed by atoms with van der Waals surface area (Å²) in [7, 11) is 0. The number of fused-ring (bicyclic) bond motifs is 3. The highest BCUT2D eigenvalue weighted by atomic mass is 15.2. The fraction of sp³-hybridized carbons (Fsp3) is 0.0909. The molecule has 0 amide bonds. The van der Waals surface area contributed by atoms with Gasteiger partial charge in [0.05, 0.1) is 5.52 Å². The van der Waals surface area contributed by atoms with Crippen LogP contribution >= 0.6 is 0 Å². The summed E-state index contributed by atoms with van der Waals surface area (Å²) in [6.45, 7) is 2.05. The van der Waals surface area contributed by atoms with Crippen LogP contribution in [0.25, 0.3) is 16.6 Å². The summed E-state index contributed by atoms with van der Waals surface area (Å²) < 4.78 is 1.94. The first-order valence-electron chi connectivity index (χ1n) is 4.74. The molecule has 3 rings (SSSR count). The highest BCUT2D eigenvalue weighted by Crippen LogP contribution is 2.23. The normalized spacial score (nSPS) is 11.3. The molecule has 0 unspecified atom stereocenters. The van der Waals surface area contributed by atoms with Gasteiger partial charge in [-0.25, -0.2) is 0 Å². The molecule has 2 aromatic heterocycles. The molecule has 0 aliphatic heterocycles. The van der Waals surface area contributed by atoms with Crippen LogP contribution in [0.5, 0.6) is 0 Å². The molecule has 0 spiro atoms. The van der Waals surface area contributed by atoms with E-state index in [1.54, 1.807) is 6.33 Å². The Morgan fingerprint density at radius 2 is 2.13 bits per heavy atom. The Bertz CT molecular complexity index is 654.